The van der Waals surface area contributed by atoms with Gasteiger partial charge in [0.2, 0.25) is 15.9 Å². The molecule has 26 heavy (non-hydrogen) atoms. The molecule has 1 aliphatic rings. The third kappa shape index (κ3) is 7.05. The fourth-order valence-electron chi connectivity index (χ4n) is 3.06. The zero-order chi connectivity index (χ0) is 19.0. The number of carbonyl (C=O) groups is 1. The van der Waals surface area contributed by atoms with Crippen molar-refractivity contribution in [1.29, 1.82) is 0 Å². The highest BCUT2D eigenvalue weighted by molar-refractivity contribution is 7.89. The Balaban J connectivity index is 1.93. The fraction of sp³-hybridized carbons (Fsp3) is 0.632. The summed E-state index contributed by atoms with van der Waals surface area (Å²) in [6, 6.07) is 9.11. The molecule has 0 aliphatic carbocycles. The largest absolute Gasteiger partial charge is 0.378 e. The van der Waals surface area contributed by atoms with Crippen molar-refractivity contribution in [2.75, 3.05) is 32.1 Å². The minimum atomic E-state index is -3.51. The van der Waals surface area contributed by atoms with E-state index in [9.17, 15) is 13.2 Å². The van der Waals surface area contributed by atoms with Crippen molar-refractivity contribution in [3.8, 4) is 0 Å². The second-order valence-corrected chi connectivity index (χ2v) is 9.02. The predicted octanol–water partition coefficient (Wildman–Crippen LogP) is 1.81. The Labute approximate surface area is 157 Å². The Morgan fingerprint density at radius 3 is 2.46 bits per heavy atom. The summed E-state index contributed by atoms with van der Waals surface area (Å²) < 4.78 is 32.9. The molecule has 0 saturated carbocycles. The molecule has 1 N–H and O–H groups in total. The standard InChI is InChI=1S/C19H30N2O4S/c1-16(2)15-18(19(22)21-10-12-25-13-11-21)20-26(23,24)14-6-9-17-7-4-3-5-8-17/h3-5,7-8,16,18,20H,6,9-15H2,1-2H3/t18-/m0/s1. The van der Waals surface area contributed by atoms with E-state index in [1.165, 1.54) is 0 Å². The van der Waals surface area contributed by atoms with E-state index in [-0.39, 0.29) is 17.6 Å². The minimum Gasteiger partial charge on any atom is -0.378 e. The molecule has 0 radical (unpaired) electrons. The van der Waals surface area contributed by atoms with E-state index >= 15 is 0 Å². The summed E-state index contributed by atoms with van der Waals surface area (Å²) in [5, 5.41) is 0. The Bertz CT molecular complexity index is 655. The highest BCUT2D eigenvalue weighted by Gasteiger charge is 2.29. The molecule has 1 aromatic carbocycles. The summed E-state index contributed by atoms with van der Waals surface area (Å²) in [4.78, 5) is 14.4. The van der Waals surface area contributed by atoms with Crippen molar-refractivity contribution in [2.45, 2.75) is 39.2 Å². The number of carbonyl (C=O) groups excluding carboxylic acids is 1. The summed E-state index contributed by atoms with van der Waals surface area (Å²) in [6.45, 7) is 6.02. The van der Waals surface area contributed by atoms with Crippen LogP contribution < -0.4 is 4.72 Å². The lowest BCUT2D eigenvalue weighted by atomic mass is 10.0. The van der Waals surface area contributed by atoms with Crippen LogP contribution in [0, 0.1) is 5.92 Å². The quantitative estimate of drug-likeness (QED) is 0.707. The van der Waals surface area contributed by atoms with Crippen molar-refractivity contribution in [3.05, 3.63) is 35.9 Å². The average molecular weight is 383 g/mol. The number of nitrogens with one attached hydrogen (secondary N) is 1. The first-order chi connectivity index (χ1) is 12.4. The van der Waals surface area contributed by atoms with Crippen LogP contribution in [0.15, 0.2) is 30.3 Å². The van der Waals surface area contributed by atoms with Gasteiger partial charge in [0.25, 0.3) is 0 Å². The molecular formula is C19H30N2O4S. The normalized spacial score (nSPS) is 16.7. The van der Waals surface area contributed by atoms with Crippen molar-refractivity contribution in [3.63, 3.8) is 0 Å². The number of ether oxygens (including phenoxy) is 1. The first-order valence-electron chi connectivity index (χ1n) is 9.28. The monoisotopic (exact) mass is 382 g/mol. The van der Waals surface area contributed by atoms with Crippen LogP contribution in [0.2, 0.25) is 0 Å². The molecule has 0 aromatic heterocycles. The Kier molecular flexibility index (Phi) is 8.06. The van der Waals surface area contributed by atoms with E-state index in [0.29, 0.717) is 45.6 Å². The molecule has 1 fully saturated rings. The van der Waals surface area contributed by atoms with E-state index in [0.717, 1.165) is 5.56 Å². The summed E-state index contributed by atoms with van der Waals surface area (Å²) >= 11 is 0. The summed E-state index contributed by atoms with van der Waals surface area (Å²) in [5.74, 6) is 0.0954. The lowest BCUT2D eigenvalue weighted by molar-refractivity contribution is -0.137. The van der Waals surface area contributed by atoms with Crippen LogP contribution in [0.4, 0.5) is 0 Å². The van der Waals surface area contributed by atoms with Gasteiger partial charge in [-0.15, -0.1) is 0 Å². The fourth-order valence-corrected chi connectivity index (χ4v) is 4.33. The van der Waals surface area contributed by atoms with E-state index < -0.39 is 16.1 Å². The highest BCUT2D eigenvalue weighted by atomic mass is 32.2. The average Bonchev–Trinajstić information content (AvgIpc) is 2.61. The number of amides is 1. The predicted molar refractivity (Wildman–Crippen MR) is 102 cm³/mol. The van der Waals surface area contributed by atoms with Crippen LogP contribution in [0.5, 0.6) is 0 Å². The molecule has 1 atom stereocenters. The van der Waals surface area contributed by atoms with Crippen molar-refractivity contribution >= 4 is 15.9 Å². The second-order valence-electron chi connectivity index (χ2n) is 7.15. The zero-order valence-corrected chi connectivity index (χ0v) is 16.5. The molecule has 1 saturated heterocycles. The van der Waals surface area contributed by atoms with E-state index in [2.05, 4.69) is 4.72 Å². The molecule has 7 heteroatoms. The number of hydrogen-bond donors (Lipinski definition) is 1. The van der Waals surface area contributed by atoms with Gasteiger partial charge in [-0.2, -0.15) is 0 Å². The van der Waals surface area contributed by atoms with Gasteiger partial charge < -0.3 is 9.64 Å². The number of nitrogens with zero attached hydrogens (tertiary/aromatic N) is 1. The molecule has 1 amide bonds. The van der Waals surface area contributed by atoms with Crippen molar-refractivity contribution < 1.29 is 17.9 Å². The molecule has 2 rings (SSSR count). The smallest absolute Gasteiger partial charge is 0.240 e. The van der Waals surface area contributed by atoms with Crippen molar-refractivity contribution in [1.82, 2.24) is 9.62 Å². The minimum absolute atomic E-state index is 0.0207. The van der Waals surface area contributed by atoms with Crippen LogP contribution >= 0.6 is 0 Å². The van der Waals surface area contributed by atoms with Gasteiger partial charge in [0.15, 0.2) is 0 Å². The molecule has 0 spiro atoms. The van der Waals surface area contributed by atoms with Gasteiger partial charge in [-0.25, -0.2) is 13.1 Å². The number of aryl methyl sites for hydroxylation is 1. The van der Waals surface area contributed by atoms with Crippen LogP contribution in [0.3, 0.4) is 0 Å². The maximum absolute atomic E-state index is 12.8. The van der Waals surface area contributed by atoms with Crippen LogP contribution in [0.1, 0.15) is 32.3 Å². The van der Waals surface area contributed by atoms with Gasteiger partial charge in [-0.3, -0.25) is 4.79 Å². The lowest BCUT2D eigenvalue weighted by Gasteiger charge is -2.31. The van der Waals surface area contributed by atoms with E-state index in [1.807, 2.05) is 44.2 Å². The zero-order valence-electron chi connectivity index (χ0n) is 15.7. The number of sulfonamides is 1. The Hall–Kier alpha value is -1.44. The summed E-state index contributed by atoms with van der Waals surface area (Å²) in [6.07, 6.45) is 1.72. The Morgan fingerprint density at radius 1 is 1.19 bits per heavy atom. The number of benzene rings is 1. The topological polar surface area (TPSA) is 75.7 Å². The van der Waals surface area contributed by atoms with Gasteiger partial charge in [0, 0.05) is 13.1 Å². The van der Waals surface area contributed by atoms with Gasteiger partial charge in [-0.05, 0) is 30.7 Å². The summed E-state index contributed by atoms with van der Waals surface area (Å²) in [7, 11) is -3.51. The summed E-state index contributed by atoms with van der Waals surface area (Å²) in [5.41, 5.74) is 1.12. The molecule has 6 nitrogen and oxygen atoms in total. The molecule has 1 heterocycles. The van der Waals surface area contributed by atoms with Gasteiger partial charge >= 0.3 is 0 Å². The second kappa shape index (κ2) is 10.0. The SMILES string of the molecule is CC(C)C[C@H](NS(=O)(=O)CCCc1ccccc1)C(=O)N1CCOCC1. The lowest BCUT2D eigenvalue weighted by Crippen LogP contribution is -2.52. The molecule has 0 unspecified atom stereocenters. The third-order valence-electron chi connectivity index (χ3n) is 4.37. The molecule has 1 aliphatic heterocycles. The maximum Gasteiger partial charge on any atom is 0.240 e. The maximum atomic E-state index is 12.8. The van der Waals surface area contributed by atoms with E-state index in [1.54, 1.807) is 4.90 Å². The molecule has 1 aromatic rings. The Morgan fingerprint density at radius 2 is 1.85 bits per heavy atom. The van der Waals surface area contributed by atoms with Crippen LogP contribution in [-0.4, -0.2) is 57.3 Å². The number of rotatable bonds is 9. The molecule has 0 bridgehead atoms. The highest BCUT2D eigenvalue weighted by Crippen LogP contribution is 2.12. The van der Waals surface area contributed by atoms with Crippen LogP contribution in [0.25, 0.3) is 0 Å². The van der Waals surface area contributed by atoms with Gasteiger partial charge in [0.1, 0.15) is 6.04 Å². The van der Waals surface area contributed by atoms with Crippen LogP contribution in [-0.2, 0) is 26.0 Å². The molecule has 146 valence electrons. The van der Waals surface area contributed by atoms with Crippen molar-refractivity contribution in [2.24, 2.45) is 5.92 Å². The first-order valence-corrected chi connectivity index (χ1v) is 10.9. The van der Waals surface area contributed by atoms with Gasteiger partial charge in [0.05, 0.1) is 19.0 Å². The van der Waals surface area contributed by atoms with Gasteiger partial charge in [-0.1, -0.05) is 44.2 Å². The number of morpholine rings is 1. The first kappa shape index (κ1) is 20.9. The number of hydrogen-bond acceptors (Lipinski definition) is 4. The third-order valence-corrected chi connectivity index (χ3v) is 5.84. The molecular weight excluding hydrogens is 352 g/mol. The van der Waals surface area contributed by atoms with E-state index in [4.69, 9.17) is 4.74 Å².